The molecule has 0 N–H and O–H groups in total. The van der Waals surface area contributed by atoms with Gasteiger partial charge < -0.3 is 0 Å². The fourth-order valence-corrected chi connectivity index (χ4v) is 1.49. The highest BCUT2D eigenvalue weighted by Gasteiger charge is 1.88. The minimum Gasteiger partial charge on any atom is -0.296 e. The first-order chi connectivity index (χ1) is 6.00. The van der Waals surface area contributed by atoms with Crippen molar-refractivity contribution in [2.75, 3.05) is 0 Å². The van der Waals surface area contributed by atoms with E-state index >= 15 is 0 Å². The first kappa shape index (κ1) is 2.60. The second kappa shape index (κ2) is 3.48. The summed E-state index contributed by atoms with van der Waals surface area (Å²) in [5.41, 5.74) is 0. The summed E-state index contributed by atoms with van der Waals surface area (Å²) in [4.78, 5) is 0. The minimum absolute atomic E-state index is 0.0745. The van der Waals surface area contributed by atoms with Gasteiger partial charge in [-0.3, -0.25) is 12.9 Å². The molecule has 0 saturated carbocycles. The van der Waals surface area contributed by atoms with E-state index in [1.165, 1.54) is 0 Å². The lowest BCUT2D eigenvalue weighted by Crippen LogP contribution is -2.05. The fraction of sp³-hybridized carbons (Fsp3) is 0. The second-order valence-corrected chi connectivity index (χ2v) is 3.89. The van der Waals surface area contributed by atoms with Gasteiger partial charge in [-0.2, -0.15) is 3.69 Å². The van der Waals surface area contributed by atoms with Crippen LogP contribution in [0.1, 0.15) is 6.85 Å². The van der Waals surface area contributed by atoms with Crippen molar-refractivity contribution >= 4 is 34.8 Å². The number of hydrogen-bond donors (Lipinski definition) is 0. The zero-order valence-corrected chi connectivity index (χ0v) is 7.09. The van der Waals surface area contributed by atoms with Gasteiger partial charge in [0, 0.05) is 0 Å². The molecule has 38 valence electrons. The van der Waals surface area contributed by atoms with Crippen LogP contribution in [0.2, 0.25) is 0 Å². The number of rotatable bonds is 1. The molecule has 0 spiro atoms. The normalized spacial score (nSPS) is 16.9. The third-order valence-corrected chi connectivity index (χ3v) is 2.99. The van der Waals surface area contributed by atoms with Crippen LogP contribution < -0.4 is 3.69 Å². The highest BCUT2D eigenvalue weighted by atomic mass is 79.9. The van der Waals surface area contributed by atoms with Gasteiger partial charge in [-0.1, -0.05) is 30.2 Å². The van der Waals surface area contributed by atoms with E-state index in [0.29, 0.717) is 3.69 Å². The van der Waals surface area contributed by atoms with Gasteiger partial charge in [0.25, 0.3) is 0 Å². The standard InChI is InChI=1S/C6H5.BrH.Mg/c1-2-4-6-5-3-1;;/h1-5H;1H;/q;;+1/p-1/i1D,2D,3D,4D,5D;;. The summed E-state index contributed by atoms with van der Waals surface area (Å²) in [6, 6.07) is -0.969. The summed E-state index contributed by atoms with van der Waals surface area (Å²) >= 11 is 2.31. The summed E-state index contributed by atoms with van der Waals surface area (Å²) in [6.45, 7) is 0. The molecule has 0 saturated heterocycles. The molecule has 0 atom stereocenters. The van der Waals surface area contributed by atoms with E-state index < -0.39 is 18.2 Å². The first-order valence-electron chi connectivity index (χ1n) is 4.62. The lowest BCUT2D eigenvalue weighted by atomic mass is 10.4. The van der Waals surface area contributed by atoms with Crippen LogP contribution in [0.3, 0.4) is 0 Å². The predicted octanol–water partition coefficient (Wildman–Crippen LogP) is 1.33. The van der Waals surface area contributed by atoms with E-state index in [-0.39, 0.29) is 30.2 Å². The van der Waals surface area contributed by atoms with Crippen molar-refractivity contribution < 1.29 is 6.85 Å². The maximum absolute atomic E-state index is 7.47. The average Bonchev–Trinajstić information content (AvgIpc) is 2.13. The van der Waals surface area contributed by atoms with Crippen LogP contribution in [0.4, 0.5) is 0 Å². The van der Waals surface area contributed by atoms with Crippen LogP contribution in [0.15, 0.2) is 30.2 Å². The monoisotopic (exact) mass is 185 g/mol. The van der Waals surface area contributed by atoms with E-state index in [4.69, 9.17) is 6.85 Å². The van der Waals surface area contributed by atoms with Gasteiger partial charge in [0.15, 0.2) is 0 Å². The third kappa shape index (κ3) is 1.76. The Hall–Kier alpha value is 0.466. The fourth-order valence-electron chi connectivity index (χ4n) is 0.343. The van der Waals surface area contributed by atoms with E-state index in [1.54, 1.807) is 0 Å². The molecule has 0 amide bonds. The molecular formula is C6H5BrMg. The Balaban J connectivity index is 3.56. The number of halogens is 1. The molecule has 0 aromatic heterocycles. The maximum atomic E-state index is 7.47. The summed E-state index contributed by atoms with van der Waals surface area (Å²) in [6.07, 6.45) is 0. The Labute approximate surface area is 71.9 Å². The molecule has 0 radical (unpaired) electrons. The van der Waals surface area contributed by atoms with E-state index in [1.807, 2.05) is 0 Å². The summed E-state index contributed by atoms with van der Waals surface area (Å²) in [5, 5.41) is 0. The summed E-state index contributed by atoms with van der Waals surface area (Å²) < 4.78 is 37.4. The smallest absolute Gasteiger partial charge is 0.296 e. The van der Waals surface area contributed by atoms with E-state index in [0.717, 1.165) is 0 Å². The topological polar surface area (TPSA) is 0 Å². The Morgan fingerprint density at radius 2 is 2.00 bits per heavy atom. The highest BCUT2D eigenvalue weighted by Crippen LogP contribution is 1.82. The first-order valence-corrected chi connectivity index (χ1v) is 6.73. The van der Waals surface area contributed by atoms with Gasteiger partial charge in [-0.15, -0.1) is 0 Å². The van der Waals surface area contributed by atoms with Gasteiger partial charge >= 0.3 is 18.2 Å². The minimum atomic E-state index is -0.911. The molecule has 0 nitrogen and oxygen atoms in total. The SMILES string of the molecule is [2H]c1c([2H])c([2H])[c]([Mg][Br])c([2H])c1[2H]. The van der Waals surface area contributed by atoms with Crippen molar-refractivity contribution in [3.05, 3.63) is 30.2 Å². The van der Waals surface area contributed by atoms with E-state index in [9.17, 15) is 0 Å². The molecule has 1 aromatic carbocycles. The molecule has 1 aromatic rings. The highest BCUT2D eigenvalue weighted by molar-refractivity contribution is 9.23. The Morgan fingerprint density at radius 3 is 2.50 bits per heavy atom. The zero-order chi connectivity index (χ0) is 10.2. The van der Waals surface area contributed by atoms with Crippen LogP contribution in [-0.4, -0.2) is 18.2 Å². The molecule has 0 aliphatic heterocycles. The summed E-state index contributed by atoms with van der Waals surface area (Å²) in [7, 11) is 0. The van der Waals surface area contributed by atoms with Gasteiger partial charge in [-0.05, 0) is 0 Å². The van der Waals surface area contributed by atoms with Crippen LogP contribution in [0.5, 0.6) is 0 Å². The van der Waals surface area contributed by atoms with Gasteiger partial charge in [0.1, 0.15) is 0 Å². The van der Waals surface area contributed by atoms with Crippen molar-refractivity contribution in [3.63, 3.8) is 0 Å². The Kier molecular flexibility index (Phi) is 1.13. The molecule has 1 rings (SSSR count). The van der Waals surface area contributed by atoms with Gasteiger partial charge in [-0.25, -0.2) is 0 Å². The zero-order valence-electron chi connectivity index (χ0n) is 9.09. The van der Waals surface area contributed by atoms with Crippen molar-refractivity contribution in [2.45, 2.75) is 0 Å². The van der Waals surface area contributed by atoms with Crippen molar-refractivity contribution in [1.29, 1.82) is 0 Å². The molecule has 0 bridgehead atoms. The van der Waals surface area contributed by atoms with Crippen molar-refractivity contribution in [3.8, 4) is 0 Å². The van der Waals surface area contributed by atoms with Crippen LogP contribution >= 0.6 is 12.9 Å². The van der Waals surface area contributed by atoms with Crippen molar-refractivity contribution in [2.24, 2.45) is 0 Å². The predicted molar refractivity (Wildman–Crippen MR) is 40.8 cm³/mol. The molecule has 0 aliphatic carbocycles. The molecule has 0 fully saturated rings. The second-order valence-electron chi connectivity index (χ2n) is 1.24. The molecule has 0 unspecified atom stereocenters. The number of hydrogen-bond acceptors (Lipinski definition) is 0. The number of benzene rings is 1. The summed E-state index contributed by atoms with van der Waals surface area (Å²) in [5.74, 6) is 0. The lowest BCUT2D eigenvalue weighted by molar-refractivity contribution is 1.77. The lowest BCUT2D eigenvalue weighted by Gasteiger charge is -1.87. The largest absolute Gasteiger partial charge is 0.506 e. The molecule has 2 heteroatoms. The van der Waals surface area contributed by atoms with Gasteiger partial charge in [0.2, 0.25) is 0 Å². The van der Waals surface area contributed by atoms with Gasteiger partial charge in [0.05, 0.1) is 6.85 Å². The quantitative estimate of drug-likeness (QED) is 0.580. The maximum Gasteiger partial charge on any atom is 0.506 e. The Morgan fingerprint density at radius 1 is 1.38 bits per heavy atom. The Bertz CT molecular complexity index is 324. The van der Waals surface area contributed by atoms with Crippen LogP contribution in [0.25, 0.3) is 0 Å². The molecule has 0 aliphatic rings. The van der Waals surface area contributed by atoms with Crippen molar-refractivity contribution in [1.82, 2.24) is 0 Å². The van der Waals surface area contributed by atoms with E-state index in [2.05, 4.69) is 12.9 Å². The molecule has 0 heterocycles. The average molecular weight is 186 g/mol. The van der Waals surface area contributed by atoms with Crippen LogP contribution in [0, 0.1) is 0 Å². The molecule has 8 heavy (non-hydrogen) atoms. The third-order valence-electron chi connectivity index (χ3n) is 0.685. The van der Waals surface area contributed by atoms with Crippen LogP contribution in [-0.2, 0) is 0 Å². The molecular weight excluding hydrogens is 176 g/mol.